The molecular weight excluding hydrogens is 214 g/mol. The first-order valence-corrected chi connectivity index (χ1v) is 5.38. The third-order valence-electron chi connectivity index (χ3n) is 2.77. The van der Waals surface area contributed by atoms with Gasteiger partial charge in [-0.3, -0.25) is 0 Å². The van der Waals surface area contributed by atoms with Crippen LogP contribution in [0.2, 0.25) is 0 Å². The lowest BCUT2D eigenvalue weighted by molar-refractivity contribution is 0.149. The van der Waals surface area contributed by atoms with E-state index in [1.807, 2.05) is 0 Å². The van der Waals surface area contributed by atoms with E-state index in [9.17, 15) is 13.9 Å². The number of halogens is 2. The van der Waals surface area contributed by atoms with Gasteiger partial charge < -0.3 is 9.84 Å². The van der Waals surface area contributed by atoms with Crippen LogP contribution in [0.4, 0.5) is 8.78 Å². The van der Waals surface area contributed by atoms with Crippen LogP contribution in [-0.2, 0) is 6.42 Å². The van der Waals surface area contributed by atoms with Crippen molar-refractivity contribution >= 4 is 0 Å². The number of aliphatic hydroxyl groups is 1. The highest BCUT2D eigenvalue weighted by Crippen LogP contribution is 2.39. The average Bonchev–Trinajstić information content (AvgIpc) is 2.97. The third kappa shape index (κ3) is 2.16. The Morgan fingerprint density at radius 1 is 1.31 bits per heavy atom. The summed E-state index contributed by atoms with van der Waals surface area (Å²) in [5, 5.41) is 9.65. The van der Waals surface area contributed by atoms with E-state index in [1.165, 1.54) is 12.1 Å². The fraction of sp³-hybridized carbons (Fsp3) is 0.500. The predicted molar refractivity (Wildman–Crippen MR) is 55.4 cm³/mol. The topological polar surface area (TPSA) is 29.5 Å². The Hall–Kier alpha value is -1.16. The molecule has 0 aliphatic heterocycles. The zero-order valence-electron chi connectivity index (χ0n) is 9.09. The summed E-state index contributed by atoms with van der Waals surface area (Å²) in [4.78, 5) is 0. The zero-order valence-corrected chi connectivity index (χ0v) is 9.09. The van der Waals surface area contributed by atoms with Crippen molar-refractivity contribution in [2.75, 3.05) is 6.61 Å². The van der Waals surface area contributed by atoms with Gasteiger partial charge in [0.05, 0.1) is 12.2 Å². The van der Waals surface area contributed by atoms with Gasteiger partial charge in [-0.15, -0.1) is 0 Å². The Morgan fingerprint density at radius 3 is 2.56 bits per heavy atom. The van der Waals surface area contributed by atoms with Crippen LogP contribution < -0.4 is 4.74 Å². The molecule has 4 heteroatoms. The standard InChI is InChI=1S/C12H14F2O2/c1-2-16-9-4-3-8(10(13)11(9)14)7-12(15)5-6-12/h3-4,15H,2,5-7H2,1H3. The summed E-state index contributed by atoms with van der Waals surface area (Å²) >= 11 is 0. The molecule has 1 aromatic carbocycles. The fourth-order valence-electron chi connectivity index (χ4n) is 1.65. The van der Waals surface area contributed by atoms with Gasteiger partial charge in [0.2, 0.25) is 5.82 Å². The average molecular weight is 228 g/mol. The van der Waals surface area contributed by atoms with Gasteiger partial charge in [0, 0.05) is 6.42 Å². The number of hydrogen-bond donors (Lipinski definition) is 1. The minimum Gasteiger partial charge on any atom is -0.491 e. The van der Waals surface area contributed by atoms with E-state index in [4.69, 9.17) is 4.74 Å². The normalized spacial score (nSPS) is 17.2. The van der Waals surface area contributed by atoms with Crippen molar-refractivity contribution in [2.24, 2.45) is 0 Å². The van der Waals surface area contributed by atoms with Gasteiger partial charge in [-0.25, -0.2) is 4.39 Å². The molecule has 0 radical (unpaired) electrons. The molecular formula is C12H14F2O2. The van der Waals surface area contributed by atoms with E-state index in [-0.39, 0.29) is 17.7 Å². The van der Waals surface area contributed by atoms with Crippen LogP contribution in [-0.4, -0.2) is 17.3 Å². The lowest BCUT2D eigenvalue weighted by Gasteiger charge is -2.11. The van der Waals surface area contributed by atoms with Crippen molar-refractivity contribution < 1.29 is 18.6 Å². The number of benzene rings is 1. The Labute approximate surface area is 92.9 Å². The third-order valence-corrected chi connectivity index (χ3v) is 2.77. The molecule has 2 rings (SSSR count). The maximum Gasteiger partial charge on any atom is 0.200 e. The van der Waals surface area contributed by atoms with E-state index in [0.29, 0.717) is 19.4 Å². The van der Waals surface area contributed by atoms with Crippen LogP contribution in [0.3, 0.4) is 0 Å². The van der Waals surface area contributed by atoms with Crippen molar-refractivity contribution in [1.29, 1.82) is 0 Å². The molecule has 1 aromatic rings. The van der Waals surface area contributed by atoms with Crippen molar-refractivity contribution in [3.63, 3.8) is 0 Å². The molecule has 0 unspecified atom stereocenters. The Bertz CT molecular complexity index is 400. The molecule has 1 aliphatic carbocycles. The van der Waals surface area contributed by atoms with Crippen LogP contribution in [0.5, 0.6) is 5.75 Å². The lowest BCUT2D eigenvalue weighted by Crippen LogP contribution is -2.13. The van der Waals surface area contributed by atoms with Gasteiger partial charge in [-0.2, -0.15) is 4.39 Å². The summed E-state index contributed by atoms with van der Waals surface area (Å²) in [6, 6.07) is 2.88. The molecule has 0 aromatic heterocycles. The highest BCUT2D eigenvalue weighted by atomic mass is 19.2. The van der Waals surface area contributed by atoms with Gasteiger partial charge in [0.15, 0.2) is 11.6 Å². The second-order valence-electron chi connectivity index (χ2n) is 4.18. The highest BCUT2D eigenvalue weighted by molar-refractivity contribution is 5.32. The molecule has 0 bridgehead atoms. The zero-order chi connectivity index (χ0) is 11.8. The van der Waals surface area contributed by atoms with Crippen LogP contribution in [0.15, 0.2) is 12.1 Å². The number of ether oxygens (including phenoxy) is 1. The first kappa shape index (κ1) is 11.3. The smallest absolute Gasteiger partial charge is 0.200 e. The molecule has 0 atom stereocenters. The largest absolute Gasteiger partial charge is 0.491 e. The van der Waals surface area contributed by atoms with E-state index < -0.39 is 17.2 Å². The molecule has 2 nitrogen and oxygen atoms in total. The van der Waals surface area contributed by atoms with Crippen LogP contribution in [0.1, 0.15) is 25.3 Å². The number of hydrogen-bond acceptors (Lipinski definition) is 2. The van der Waals surface area contributed by atoms with E-state index >= 15 is 0 Å². The van der Waals surface area contributed by atoms with E-state index in [2.05, 4.69) is 0 Å². The van der Waals surface area contributed by atoms with Gasteiger partial charge in [0.1, 0.15) is 0 Å². The highest BCUT2D eigenvalue weighted by Gasteiger charge is 2.41. The maximum atomic E-state index is 13.6. The lowest BCUT2D eigenvalue weighted by atomic mass is 10.1. The van der Waals surface area contributed by atoms with Gasteiger partial charge in [-0.1, -0.05) is 6.07 Å². The van der Waals surface area contributed by atoms with Gasteiger partial charge >= 0.3 is 0 Å². The Balaban J connectivity index is 2.23. The molecule has 1 fully saturated rings. The minimum atomic E-state index is -0.969. The quantitative estimate of drug-likeness (QED) is 0.857. The first-order valence-electron chi connectivity index (χ1n) is 5.38. The summed E-state index contributed by atoms with van der Waals surface area (Å²) in [7, 11) is 0. The monoisotopic (exact) mass is 228 g/mol. The van der Waals surface area contributed by atoms with Crippen LogP contribution in [0.25, 0.3) is 0 Å². The second-order valence-corrected chi connectivity index (χ2v) is 4.18. The minimum absolute atomic E-state index is 0.0773. The number of rotatable bonds is 4. The molecule has 16 heavy (non-hydrogen) atoms. The van der Waals surface area contributed by atoms with Gasteiger partial charge in [0.25, 0.3) is 0 Å². The first-order chi connectivity index (χ1) is 7.56. The summed E-state index contributed by atoms with van der Waals surface area (Å²) in [6.45, 7) is 2.00. The Kier molecular flexibility index (Phi) is 2.84. The van der Waals surface area contributed by atoms with Crippen molar-refractivity contribution in [2.45, 2.75) is 31.8 Å². The molecule has 0 heterocycles. The summed E-state index contributed by atoms with van der Waals surface area (Å²) in [6.07, 6.45) is 1.48. The second kappa shape index (κ2) is 4.01. The predicted octanol–water partition coefficient (Wildman–Crippen LogP) is 2.43. The molecule has 0 saturated heterocycles. The van der Waals surface area contributed by atoms with Crippen LogP contribution >= 0.6 is 0 Å². The van der Waals surface area contributed by atoms with E-state index in [1.54, 1.807) is 6.92 Å². The van der Waals surface area contributed by atoms with Crippen LogP contribution in [0, 0.1) is 11.6 Å². The van der Waals surface area contributed by atoms with Crippen molar-refractivity contribution in [3.8, 4) is 5.75 Å². The molecule has 88 valence electrons. The van der Waals surface area contributed by atoms with Gasteiger partial charge in [-0.05, 0) is 31.4 Å². The summed E-state index contributed by atoms with van der Waals surface area (Å²) < 4.78 is 32.0. The van der Waals surface area contributed by atoms with Crippen molar-refractivity contribution in [1.82, 2.24) is 0 Å². The maximum absolute atomic E-state index is 13.6. The fourth-order valence-corrected chi connectivity index (χ4v) is 1.65. The van der Waals surface area contributed by atoms with Crippen molar-refractivity contribution in [3.05, 3.63) is 29.3 Å². The molecule has 1 aliphatic rings. The molecule has 1 N–H and O–H groups in total. The Morgan fingerprint density at radius 2 is 2.00 bits per heavy atom. The summed E-state index contributed by atoms with van der Waals surface area (Å²) in [5.41, 5.74) is -0.610. The SMILES string of the molecule is CCOc1ccc(CC2(O)CC2)c(F)c1F. The molecule has 1 saturated carbocycles. The molecule has 0 amide bonds. The molecule has 0 spiro atoms. The van der Waals surface area contributed by atoms with E-state index in [0.717, 1.165) is 0 Å². The summed E-state index contributed by atoms with van der Waals surface area (Å²) in [5.74, 6) is -1.96.